The first kappa shape index (κ1) is 12.8. The van der Waals surface area contributed by atoms with Crippen molar-refractivity contribution in [2.45, 2.75) is 25.8 Å². The number of halogens is 1. The van der Waals surface area contributed by atoms with Crippen molar-refractivity contribution >= 4 is 0 Å². The van der Waals surface area contributed by atoms with E-state index in [4.69, 9.17) is 5.73 Å². The number of rotatable bonds is 3. The maximum atomic E-state index is 13.5. The Morgan fingerprint density at radius 1 is 1.00 bits per heavy atom. The molecule has 2 heteroatoms. The molecular formula is C16H18FN. The van der Waals surface area contributed by atoms with Gasteiger partial charge in [0.15, 0.2) is 0 Å². The van der Waals surface area contributed by atoms with Gasteiger partial charge >= 0.3 is 0 Å². The van der Waals surface area contributed by atoms with E-state index >= 15 is 0 Å². The summed E-state index contributed by atoms with van der Waals surface area (Å²) in [6, 6.07) is 15.1. The van der Waals surface area contributed by atoms with Crippen LogP contribution in [0.4, 0.5) is 4.39 Å². The Labute approximate surface area is 107 Å². The second-order valence-electron chi connectivity index (χ2n) is 4.73. The van der Waals surface area contributed by atoms with Gasteiger partial charge in [0.2, 0.25) is 0 Å². The maximum Gasteiger partial charge on any atom is 0.126 e. The number of hydrogen-bond donors (Lipinski definition) is 1. The van der Waals surface area contributed by atoms with E-state index in [9.17, 15) is 4.39 Å². The van der Waals surface area contributed by atoms with Gasteiger partial charge in [0.05, 0.1) is 0 Å². The summed E-state index contributed by atoms with van der Waals surface area (Å²) in [6.45, 7) is 3.82. The van der Waals surface area contributed by atoms with Gasteiger partial charge in [-0.1, -0.05) is 49.4 Å². The van der Waals surface area contributed by atoms with E-state index in [1.807, 2.05) is 24.3 Å². The van der Waals surface area contributed by atoms with Crippen LogP contribution in [0.15, 0.2) is 48.5 Å². The molecule has 2 rings (SSSR count). The molecule has 0 fully saturated rings. The molecule has 0 heterocycles. The zero-order valence-electron chi connectivity index (χ0n) is 10.7. The molecule has 18 heavy (non-hydrogen) atoms. The lowest BCUT2D eigenvalue weighted by Gasteiger charge is -2.21. The van der Waals surface area contributed by atoms with Crippen LogP contribution in [0.5, 0.6) is 0 Å². The number of aryl methyl sites for hydroxylation is 1. The summed E-state index contributed by atoms with van der Waals surface area (Å²) in [5, 5.41) is 0. The van der Waals surface area contributed by atoms with Gasteiger partial charge in [-0.15, -0.1) is 0 Å². The van der Waals surface area contributed by atoms with Crippen LogP contribution in [-0.4, -0.2) is 0 Å². The molecule has 0 saturated heterocycles. The monoisotopic (exact) mass is 243 g/mol. The summed E-state index contributed by atoms with van der Waals surface area (Å²) in [5.74, 6) is -0.0310. The highest BCUT2D eigenvalue weighted by Gasteiger charge is 2.17. The van der Waals surface area contributed by atoms with Crippen LogP contribution in [0.1, 0.15) is 35.6 Å². The first-order valence-electron chi connectivity index (χ1n) is 6.16. The summed E-state index contributed by atoms with van der Waals surface area (Å²) >= 11 is 0. The largest absolute Gasteiger partial charge is 0.323 e. The molecule has 0 bridgehead atoms. The molecule has 1 nitrogen and oxygen atoms in total. The second-order valence-corrected chi connectivity index (χ2v) is 4.73. The average Bonchev–Trinajstić information content (AvgIpc) is 2.41. The molecule has 0 aliphatic carbocycles. The Hall–Kier alpha value is -1.67. The Kier molecular flexibility index (Phi) is 3.78. The van der Waals surface area contributed by atoms with Crippen LogP contribution >= 0.6 is 0 Å². The van der Waals surface area contributed by atoms with Gasteiger partial charge < -0.3 is 5.73 Å². The highest BCUT2D eigenvalue weighted by Crippen LogP contribution is 2.29. The van der Waals surface area contributed by atoms with E-state index < -0.39 is 0 Å². The molecule has 0 aromatic heterocycles. The first-order valence-corrected chi connectivity index (χ1v) is 6.16. The van der Waals surface area contributed by atoms with Gasteiger partial charge in [-0.05, 0) is 29.7 Å². The van der Waals surface area contributed by atoms with Crippen LogP contribution in [0.2, 0.25) is 0 Å². The third-order valence-corrected chi connectivity index (χ3v) is 3.44. The molecule has 2 atom stereocenters. The number of hydrogen-bond acceptors (Lipinski definition) is 1. The van der Waals surface area contributed by atoms with Gasteiger partial charge in [0.1, 0.15) is 5.82 Å². The predicted octanol–water partition coefficient (Wildman–Crippen LogP) is 3.94. The zero-order chi connectivity index (χ0) is 13.1. The minimum Gasteiger partial charge on any atom is -0.323 e. The van der Waals surface area contributed by atoms with Gasteiger partial charge in [-0.3, -0.25) is 0 Å². The van der Waals surface area contributed by atoms with Crippen LogP contribution in [0.3, 0.4) is 0 Å². The molecule has 0 aliphatic heterocycles. The molecular weight excluding hydrogens is 225 g/mol. The van der Waals surface area contributed by atoms with Crippen LogP contribution in [-0.2, 0) is 0 Å². The lowest BCUT2D eigenvalue weighted by atomic mass is 9.89. The van der Waals surface area contributed by atoms with Crippen molar-refractivity contribution in [3.05, 3.63) is 71.0 Å². The Morgan fingerprint density at radius 3 is 2.28 bits per heavy atom. The topological polar surface area (TPSA) is 26.0 Å². The van der Waals surface area contributed by atoms with E-state index in [0.29, 0.717) is 5.56 Å². The minimum atomic E-state index is -0.192. The zero-order valence-corrected chi connectivity index (χ0v) is 10.7. The molecule has 2 aromatic carbocycles. The lowest BCUT2D eigenvalue weighted by Crippen LogP contribution is -2.18. The molecule has 0 saturated carbocycles. The van der Waals surface area contributed by atoms with E-state index in [-0.39, 0.29) is 17.8 Å². The third kappa shape index (κ3) is 2.59. The summed E-state index contributed by atoms with van der Waals surface area (Å²) < 4.78 is 13.5. The predicted molar refractivity (Wildman–Crippen MR) is 72.9 cm³/mol. The summed E-state index contributed by atoms with van der Waals surface area (Å²) in [5.41, 5.74) is 8.89. The number of nitrogens with two attached hydrogens (primary N) is 1. The fraction of sp³-hybridized carbons (Fsp3) is 0.250. The Morgan fingerprint density at radius 2 is 1.67 bits per heavy atom. The molecule has 2 unspecified atom stereocenters. The standard InChI is InChI=1S/C16H18FN/c1-11-8-9-14(10-15(11)17)16(18)12(2)13-6-4-3-5-7-13/h3-10,12,16H,18H2,1-2H3. The van der Waals surface area contributed by atoms with Gasteiger partial charge in [-0.25, -0.2) is 4.39 Å². The fourth-order valence-corrected chi connectivity index (χ4v) is 2.07. The molecule has 0 radical (unpaired) electrons. The molecule has 0 amide bonds. The van der Waals surface area contributed by atoms with Gasteiger partial charge in [-0.2, -0.15) is 0 Å². The highest BCUT2D eigenvalue weighted by atomic mass is 19.1. The summed E-state index contributed by atoms with van der Waals surface area (Å²) in [4.78, 5) is 0. The second kappa shape index (κ2) is 5.32. The quantitative estimate of drug-likeness (QED) is 0.868. The maximum absolute atomic E-state index is 13.5. The molecule has 0 spiro atoms. The van der Waals surface area contributed by atoms with Gasteiger partial charge in [0.25, 0.3) is 0 Å². The van der Waals surface area contributed by atoms with E-state index in [0.717, 1.165) is 5.56 Å². The highest BCUT2D eigenvalue weighted by molar-refractivity contribution is 5.30. The summed E-state index contributed by atoms with van der Waals surface area (Å²) in [7, 11) is 0. The molecule has 2 aromatic rings. The smallest absolute Gasteiger partial charge is 0.126 e. The molecule has 0 aliphatic rings. The van der Waals surface area contributed by atoms with Crippen molar-refractivity contribution in [3.8, 4) is 0 Å². The van der Waals surface area contributed by atoms with Crippen molar-refractivity contribution in [3.63, 3.8) is 0 Å². The molecule has 2 N–H and O–H groups in total. The van der Waals surface area contributed by atoms with E-state index in [1.54, 1.807) is 19.1 Å². The first-order chi connectivity index (χ1) is 8.59. The Bertz CT molecular complexity index is 522. The SMILES string of the molecule is Cc1ccc(C(N)C(C)c2ccccc2)cc1F. The Balaban J connectivity index is 2.25. The molecule has 94 valence electrons. The van der Waals surface area contributed by atoms with Gasteiger partial charge in [0, 0.05) is 12.0 Å². The van der Waals surface area contributed by atoms with Crippen molar-refractivity contribution in [2.75, 3.05) is 0 Å². The van der Waals surface area contributed by atoms with Crippen molar-refractivity contribution in [1.82, 2.24) is 0 Å². The average molecular weight is 243 g/mol. The number of benzene rings is 2. The van der Waals surface area contributed by atoms with E-state index in [2.05, 4.69) is 19.1 Å². The summed E-state index contributed by atoms with van der Waals surface area (Å²) in [6.07, 6.45) is 0. The van der Waals surface area contributed by atoms with Crippen molar-refractivity contribution < 1.29 is 4.39 Å². The van der Waals surface area contributed by atoms with Crippen molar-refractivity contribution in [1.29, 1.82) is 0 Å². The van der Waals surface area contributed by atoms with E-state index in [1.165, 1.54) is 5.56 Å². The third-order valence-electron chi connectivity index (χ3n) is 3.44. The van der Waals surface area contributed by atoms with Crippen molar-refractivity contribution in [2.24, 2.45) is 5.73 Å². The normalized spacial score (nSPS) is 14.2. The van der Waals surface area contributed by atoms with Crippen LogP contribution in [0.25, 0.3) is 0 Å². The van der Waals surface area contributed by atoms with Crippen LogP contribution in [0, 0.1) is 12.7 Å². The van der Waals surface area contributed by atoms with Crippen LogP contribution < -0.4 is 5.73 Å². The lowest BCUT2D eigenvalue weighted by molar-refractivity contribution is 0.579. The minimum absolute atomic E-state index is 0.160. The fourth-order valence-electron chi connectivity index (χ4n) is 2.07.